The molecule has 0 atom stereocenters. The van der Waals surface area contributed by atoms with Crippen molar-refractivity contribution >= 4 is 9.84 Å². The maximum atomic E-state index is 14.2. The van der Waals surface area contributed by atoms with Crippen LogP contribution in [0, 0.1) is 5.82 Å². The number of hydrogen-bond acceptors (Lipinski definition) is 4. The smallest absolute Gasteiger partial charge is 0.175 e. The Morgan fingerprint density at radius 2 is 1.85 bits per heavy atom. The number of sulfone groups is 1. The molecular formula is C20H19FN2O3S. The Bertz CT molecular complexity index is 1090. The van der Waals surface area contributed by atoms with Crippen LogP contribution in [0.15, 0.2) is 66.2 Å². The molecule has 0 bridgehead atoms. The van der Waals surface area contributed by atoms with Crippen LogP contribution in [0.5, 0.6) is 5.75 Å². The first-order valence-electron chi connectivity index (χ1n) is 8.16. The minimum Gasteiger partial charge on any atom is -0.494 e. The predicted octanol–water partition coefficient (Wildman–Crippen LogP) is 3.95. The summed E-state index contributed by atoms with van der Waals surface area (Å²) in [6, 6.07) is 11.2. The number of halogens is 1. The fourth-order valence-corrected chi connectivity index (χ4v) is 3.40. The SMILES string of the molecule is C=CCn1cc(-c2ccc(OC)c(F)c2)c(-c2ccc(S(C)(=O)=O)cc2)n1. The van der Waals surface area contributed by atoms with Gasteiger partial charge in [-0.25, -0.2) is 12.8 Å². The summed E-state index contributed by atoms with van der Waals surface area (Å²) in [4.78, 5) is 0.230. The van der Waals surface area contributed by atoms with Crippen molar-refractivity contribution in [1.82, 2.24) is 9.78 Å². The number of ether oxygens (including phenoxy) is 1. The summed E-state index contributed by atoms with van der Waals surface area (Å²) in [6.07, 6.45) is 4.68. The zero-order valence-electron chi connectivity index (χ0n) is 15.0. The van der Waals surface area contributed by atoms with Crippen molar-refractivity contribution in [1.29, 1.82) is 0 Å². The average molecular weight is 386 g/mol. The van der Waals surface area contributed by atoms with Crippen LogP contribution in [0.2, 0.25) is 0 Å². The third-order valence-electron chi connectivity index (χ3n) is 4.10. The van der Waals surface area contributed by atoms with Crippen molar-refractivity contribution < 1.29 is 17.5 Å². The highest BCUT2D eigenvalue weighted by Crippen LogP contribution is 2.33. The molecule has 0 radical (unpaired) electrons. The lowest BCUT2D eigenvalue weighted by atomic mass is 10.0. The van der Waals surface area contributed by atoms with Gasteiger partial charge in [-0.2, -0.15) is 5.10 Å². The third kappa shape index (κ3) is 3.93. The number of rotatable bonds is 6. The van der Waals surface area contributed by atoms with Crippen LogP contribution in [0.3, 0.4) is 0 Å². The van der Waals surface area contributed by atoms with Gasteiger partial charge in [0.1, 0.15) is 5.69 Å². The number of methoxy groups -OCH3 is 1. The molecule has 1 aromatic heterocycles. The fraction of sp³-hybridized carbons (Fsp3) is 0.150. The van der Waals surface area contributed by atoms with Crippen LogP contribution in [0.25, 0.3) is 22.4 Å². The zero-order valence-corrected chi connectivity index (χ0v) is 15.8. The lowest BCUT2D eigenvalue weighted by Crippen LogP contribution is -1.97. The van der Waals surface area contributed by atoms with Crippen molar-refractivity contribution in [2.75, 3.05) is 13.4 Å². The second-order valence-corrected chi connectivity index (χ2v) is 8.06. The van der Waals surface area contributed by atoms with E-state index in [2.05, 4.69) is 11.7 Å². The van der Waals surface area contributed by atoms with Gasteiger partial charge in [0.15, 0.2) is 21.4 Å². The molecule has 0 N–H and O–H groups in total. The van der Waals surface area contributed by atoms with Gasteiger partial charge in [0.25, 0.3) is 0 Å². The molecule has 27 heavy (non-hydrogen) atoms. The zero-order chi connectivity index (χ0) is 19.6. The molecule has 0 fully saturated rings. The minimum absolute atomic E-state index is 0.163. The molecule has 0 saturated heterocycles. The molecule has 1 heterocycles. The van der Waals surface area contributed by atoms with Gasteiger partial charge in [-0.05, 0) is 29.8 Å². The summed E-state index contributed by atoms with van der Waals surface area (Å²) < 4.78 is 44.2. The van der Waals surface area contributed by atoms with Crippen molar-refractivity contribution in [2.24, 2.45) is 0 Å². The van der Waals surface area contributed by atoms with Crippen molar-refractivity contribution in [3.63, 3.8) is 0 Å². The van der Waals surface area contributed by atoms with Crippen LogP contribution in [-0.2, 0) is 16.4 Å². The van der Waals surface area contributed by atoms with Crippen LogP contribution in [0.4, 0.5) is 4.39 Å². The Balaban J connectivity index is 2.12. The van der Waals surface area contributed by atoms with Crippen LogP contribution < -0.4 is 4.74 Å². The largest absolute Gasteiger partial charge is 0.494 e. The van der Waals surface area contributed by atoms with Gasteiger partial charge < -0.3 is 4.74 Å². The maximum Gasteiger partial charge on any atom is 0.175 e. The summed E-state index contributed by atoms with van der Waals surface area (Å²) in [6.45, 7) is 4.20. The van der Waals surface area contributed by atoms with E-state index in [1.54, 1.807) is 35.0 Å². The molecule has 0 unspecified atom stereocenters. The number of aromatic nitrogens is 2. The molecule has 2 aromatic carbocycles. The summed E-state index contributed by atoms with van der Waals surface area (Å²) in [5.41, 5.74) is 2.73. The summed E-state index contributed by atoms with van der Waals surface area (Å²) in [5, 5.41) is 4.55. The number of benzene rings is 2. The average Bonchev–Trinajstić information content (AvgIpc) is 3.05. The van der Waals surface area contributed by atoms with Crippen molar-refractivity contribution in [3.8, 4) is 28.1 Å². The standard InChI is InChI=1S/C20H19FN2O3S/c1-4-11-23-13-17(15-7-10-19(26-2)18(21)12-15)20(22-23)14-5-8-16(9-6-14)27(3,24)25/h4-10,12-13H,1,11H2,2-3H3. The lowest BCUT2D eigenvalue weighted by molar-refractivity contribution is 0.386. The van der Waals surface area contributed by atoms with Gasteiger partial charge in [0.05, 0.1) is 18.6 Å². The number of allylic oxidation sites excluding steroid dienone is 1. The van der Waals surface area contributed by atoms with E-state index in [9.17, 15) is 12.8 Å². The first-order chi connectivity index (χ1) is 12.8. The second kappa shape index (κ2) is 7.36. The van der Waals surface area contributed by atoms with E-state index in [1.165, 1.54) is 25.3 Å². The van der Waals surface area contributed by atoms with Crippen LogP contribution in [0.1, 0.15) is 0 Å². The summed E-state index contributed by atoms with van der Waals surface area (Å²) in [5.74, 6) is -0.305. The normalized spacial score (nSPS) is 11.4. The molecule has 7 heteroatoms. The van der Waals surface area contributed by atoms with Crippen LogP contribution in [-0.4, -0.2) is 31.6 Å². The van der Waals surface area contributed by atoms with E-state index < -0.39 is 15.7 Å². The molecule has 0 aliphatic carbocycles. The highest BCUT2D eigenvalue weighted by Gasteiger charge is 2.16. The summed E-state index contributed by atoms with van der Waals surface area (Å²) >= 11 is 0. The fourth-order valence-electron chi connectivity index (χ4n) is 2.77. The molecule has 0 saturated carbocycles. The molecule has 3 rings (SSSR count). The Hall–Kier alpha value is -2.93. The molecule has 0 aliphatic rings. The minimum atomic E-state index is -3.28. The quantitative estimate of drug-likeness (QED) is 0.602. The van der Waals surface area contributed by atoms with E-state index in [4.69, 9.17) is 4.74 Å². The molecular weight excluding hydrogens is 367 g/mol. The molecule has 140 valence electrons. The monoisotopic (exact) mass is 386 g/mol. The van der Waals surface area contributed by atoms with E-state index >= 15 is 0 Å². The van der Waals surface area contributed by atoms with E-state index in [0.717, 1.165) is 17.4 Å². The van der Waals surface area contributed by atoms with Gasteiger partial charge in [0.2, 0.25) is 0 Å². The first kappa shape index (κ1) is 18.8. The highest BCUT2D eigenvalue weighted by molar-refractivity contribution is 7.90. The van der Waals surface area contributed by atoms with E-state index in [1.807, 2.05) is 6.20 Å². The molecule has 0 amide bonds. The highest BCUT2D eigenvalue weighted by atomic mass is 32.2. The van der Waals surface area contributed by atoms with E-state index in [0.29, 0.717) is 17.8 Å². The molecule has 0 spiro atoms. The number of nitrogens with zero attached hydrogens (tertiary/aromatic N) is 2. The van der Waals surface area contributed by atoms with Crippen molar-refractivity contribution in [2.45, 2.75) is 11.4 Å². The third-order valence-corrected chi connectivity index (χ3v) is 5.23. The Morgan fingerprint density at radius 1 is 1.19 bits per heavy atom. The van der Waals surface area contributed by atoms with Gasteiger partial charge in [-0.1, -0.05) is 24.3 Å². The second-order valence-electron chi connectivity index (χ2n) is 6.05. The van der Waals surface area contributed by atoms with Crippen molar-refractivity contribution in [3.05, 3.63) is 67.1 Å². The Labute approximate surface area is 157 Å². The molecule has 0 aliphatic heterocycles. The number of hydrogen-bond donors (Lipinski definition) is 0. The lowest BCUT2D eigenvalue weighted by Gasteiger charge is -2.06. The molecule has 5 nitrogen and oxygen atoms in total. The van der Waals surface area contributed by atoms with Gasteiger partial charge in [-0.3, -0.25) is 4.68 Å². The summed E-state index contributed by atoms with van der Waals surface area (Å²) in [7, 11) is -1.87. The van der Waals surface area contributed by atoms with Gasteiger partial charge in [-0.15, -0.1) is 6.58 Å². The predicted molar refractivity (Wildman–Crippen MR) is 103 cm³/mol. The van der Waals surface area contributed by atoms with E-state index in [-0.39, 0.29) is 10.6 Å². The Kier molecular flexibility index (Phi) is 5.14. The Morgan fingerprint density at radius 3 is 2.41 bits per heavy atom. The maximum absolute atomic E-state index is 14.2. The van der Waals surface area contributed by atoms with Gasteiger partial charge >= 0.3 is 0 Å². The van der Waals surface area contributed by atoms with Crippen LogP contribution >= 0.6 is 0 Å². The molecule has 3 aromatic rings. The topological polar surface area (TPSA) is 61.2 Å². The first-order valence-corrected chi connectivity index (χ1v) is 10.1. The van der Waals surface area contributed by atoms with Gasteiger partial charge in [0, 0.05) is 23.6 Å².